The molecule has 0 saturated carbocycles. The predicted octanol–water partition coefficient (Wildman–Crippen LogP) is 1.34. The van der Waals surface area contributed by atoms with E-state index in [0.717, 1.165) is 0 Å². The minimum atomic E-state index is -0.455. The molecule has 0 saturated heterocycles. The molecule has 0 spiro atoms. The Morgan fingerprint density at radius 3 is 2.78 bits per heavy atom. The summed E-state index contributed by atoms with van der Waals surface area (Å²) in [6.45, 7) is 7.87. The van der Waals surface area contributed by atoms with Crippen molar-refractivity contribution in [1.29, 1.82) is 0 Å². The van der Waals surface area contributed by atoms with E-state index in [1.807, 2.05) is 27.7 Å². The molecule has 0 aliphatic rings. The van der Waals surface area contributed by atoms with Gasteiger partial charge in [0.2, 0.25) is 0 Å². The molecular formula is C13H21N3O2. The molecule has 1 heterocycles. The van der Waals surface area contributed by atoms with E-state index in [0.29, 0.717) is 12.3 Å². The van der Waals surface area contributed by atoms with Gasteiger partial charge in [0.05, 0.1) is 6.10 Å². The number of amides is 1. The van der Waals surface area contributed by atoms with Gasteiger partial charge in [-0.15, -0.1) is 0 Å². The summed E-state index contributed by atoms with van der Waals surface area (Å²) in [5, 5.41) is 2.75. The molecule has 0 unspecified atom stereocenters. The van der Waals surface area contributed by atoms with Gasteiger partial charge in [0.1, 0.15) is 0 Å². The third-order valence-corrected chi connectivity index (χ3v) is 2.05. The third-order valence-electron chi connectivity index (χ3n) is 2.05. The number of carbonyl (C=O) groups excluding carboxylic acids is 1. The first-order valence-corrected chi connectivity index (χ1v) is 5.98. The van der Waals surface area contributed by atoms with Gasteiger partial charge < -0.3 is 15.8 Å². The molecule has 5 nitrogen and oxygen atoms in total. The van der Waals surface area contributed by atoms with Crippen molar-refractivity contribution in [3.8, 4) is 5.75 Å². The summed E-state index contributed by atoms with van der Waals surface area (Å²) >= 11 is 0. The first-order valence-electron chi connectivity index (χ1n) is 5.98. The van der Waals surface area contributed by atoms with Gasteiger partial charge in [0.15, 0.2) is 11.4 Å². The van der Waals surface area contributed by atoms with Crippen molar-refractivity contribution in [2.24, 2.45) is 5.73 Å². The van der Waals surface area contributed by atoms with E-state index in [-0.39, 0.29) is 17.7 Å². The van der Waals surface area contributed by atoms with Crippen LogP contribution in [0.1, 0.15) is 38.2 Å². The SMILES string of the molecule is CC(C)Oc1cccnc1C(=O)NCC(C)(C)N. The van der Waals surface area contributed by atoms with Crippen molar-refractivity contribution >= 4 is 5.91 Å². The van der Waals surface area contributed by atoms with Gasteiger partial charge in [-0.1, -0.05) is 0 Å². The van der Waals surface area contributed by atoms with Gasteiger partial charge >= 0.3 is 0 Å². The van der Waals surface area contributed by atoms with Crippen molar-refractivity contribution in [3.05, 3.63) is 24.0 Å². The van der Waals surface area contributed by atoms with E-state index in [2.05, 4.69) is 10.3 Å². The maximum atomic E-state index is 12.0. The van der Waals surface area contributed by atoms with Crippen LogP contribution >= 0.6 is 0 Å². The van der Waals surface area contributed by atoms with E-state index in [1.165, 1.54) is 0 Å². The maximum absolute atomic E-state index is 12.0. The third kappa shape index (κ3) is 4.71. The zero-order valence-electron chi connectivity index (χ0n) is 11.4. The normalized spacial score (nSPS) is 11.4. The van der Waals surface area contributed by atoms with Gasteiger partial charge in [0.25, 0.3) is 5.91 Å². The number of nitrogens with one attached hydrogen (secondary N) is 1. The highest BCUT2D eigenvalue weighted by molar-refractivity contribution is 5.94. The molecule has 100 valence electrons. The average molecular weight is 251 g/mol. The summed E-state index contributed by atoms with van der Waals surface area (Å²) in [7, 11) is 0. The molecule has 0 aliphatic heterocycles. The molecule has 3 N–H and O–H groups in total. The van der Waals surface area contributed by atoms with E-state index in [9.17, 15) is 4.79 Å². The van der Waals surface area contributed by atoms with Crippen LogP contribution in [0.5, 0.6) is 5.75 Å². The molecule has 0 aromatic carbocycles. The Hall–Kier alpha value is -1.62. The van der Waals surface area contributed by atoms with Crippen molar-refractivity contribution < 1.29 is 9.53 Å². The van der Waals surface area contributed by atoms with Gasteiger partial charge in [-0.25, -0.2) is 4.98 Å². The second-order valence-corrected chi connectivity index (χ2v) is 5.19. The van der Waals surface area contributed by atoms with Crippen molar-refractivity contribution in [2.45, 2.75) is 39.3 Å². The molecular weight excluding hydrogens is 230 g/mol. The van der Waals surface area contributed by atoms with Gasteiger partial charge in [0, 0.05) is 18.3 Å². The van der Waals surface area contributed by atoms with Crippen LogP contribution in [0.25, 0.3) is 0 Å². The summed E-state index contributed by atoms with van der Waals surface area (Å²) in [5.41, 5.74) is 5.65. The topological polar surface area (TPSA) is 77.2 Å². The summed E-state index contributed by atoms with van der Waals surface area (Å²) in [5.74, 6) is 0.213. The van der Waals surface area contributed by atoms with E-state index < -0.39 is 5.54 Å². The quantitative estimate of drug-likeness (QED) is 0.827. The Morgan fingerprint density at radius 1 is 1.56 bits per heavy atom. The lowest BCUT2D eigenvalue weighted by atomic mass is 10.1. The zero-order chi connectivity index (χ0) is 13.8. The molecule has 0 bridgehead atoms. The van der Waals surface area contributed by atoms with Crippen LogP contribution in [0.2, 0.25) is 0 Å². The highest BCUT2D eigenvalue weighted by atomic mass is 16.5. The summed E-state index contributed by atoms with van der Waals surface area (Å²) in [4.78, 5) is 16.0. The van der Waals surface area contributed by atoms with Crippen LogP contribution in [-0.2, 0) is 0 Å². The highest BCUT2D eigenvalue weighted by Crippen LogP contribution is 2.16. The fraction of sp³-hybridized carbons (Fsp3) is 0.538. The number of nitrogens with two attached hydrogens (primary N) is 1. The molecule has 0 atom stereocenters. The van der Waals surface area contributed by atoms with Gasteiger partial charge in [-0.05, 0) is 39.8 Å². The molecule has 18 heavy (non-hydrogen) atoms. The summed E-state index contributed by atoms with van der Waals surface area (Å²) < 4.78 is 5.54. The van der Waals surface area contributed by atoms with Crippen LogP contribution < -0.4 is 15.8 Å². The molecule has 1 amide bonds. The van der Waals surface area contributed by atoms with Crippen molar-refractivity contribution in [1.82, 2.24) is 10.3 Å². The Bertz CT molecular complexity index is 411. The summed E-state index contributed by atoms with van der Waals surface area (Å²) in [6, 6.07) is 3.47. The fourth-order valence-corrected chi connectivity index (χ4v) is 1.30. The Labute approximate surface area is 108 Å². The number of ether oxygens (including phenoxy) is 1. The van der Waals surface area contributed by atoms with Crippen LogP contribution in [0.3, 0.4) is 0 Å². The smallest absolute Gasteiger partial charge is 0.273 e. The zero-order valence-corrected chi connectivity index (χ0v) is 11.4. The lowest BCUT2D eigenvalue weighted by Gasteiger charge is -2.19. The van der Waals surface area contributed by atoms with Crippen molar-refractivity contribution in [2.75, 3.05) is 6.54 Å². The second kappa shape index (κ2) is 5.82. The molecule has 0 fully saturated rings. The number of rotatable bonds is 5. The maximum Gasteiger partial charge on any atom is 0.273 e. The Kier molecular flexibility index (Phi) is 4.67. The van der Waals surface area contributed by atoms with E-state index in [4.69, 9.17) is 10.5 Å². The minimum Gasteiger partial charge on any atom is -0.489 e. The van der Waals surface area contributed by atoms with E-state index >= 15 is 0 Å². The number of nitrogens with zero attached hydrogens (tertiary/aromatic N) is 1. The highest BCUT2D eigenvalue weighted by Gasteiger charge is 2.17. The standard InChI is InChI=1S/C13H21N3O2/c1-9(2)18-10-6-5-7-15-11(10)12(17)16-8-13(3,4)14/h5-7,9H,8,14H2,1-4H3,(H,16,17). The minimum absolute atomic E-state index is 0.00769. The lowest BCUT2D eigenvalue weighted by Crippen LogP contribution is -2.45. The molecule has 0 aliphatic carbocycles. The predicted molar refractivity (Wildman–Crippen MR) is 70.6 cm³/mol. The monoisotopic (exact) mass is 251 g/mol. The second-order valence-electron chi connectivity index (χ2n) is 5.19. The molecule has 1 aromatic heterocycles. The Balaban J connectivity index is 2.79. The molecule has 1 rings (SSSR count). The van der Waals surface area contributed by atoms with Crippen LogP contribution in [0, 0.1) is 0 Å². The number of hydrogen-bond acceptors (Lipinski definition) is 4. The largest absolute Gasteiger partial charge is 0.489 e. The lowest BCUT2D eigenvalue weighted by molar-refractivity contribution is 0.0934. The van der Waals surface area contributed by atoms with Crippen LogP contribution in [0.4, 0.5) is 0 Å². The van der Waals surface area contributed by atoms with Crippen molar-refractivity contribution in [3.63, 3.8) is 0 Å². The number of pyridine rings is 1. The average Bonchev–Trinajstić information content (AvgIpc) is 2.25. The van der Waals surface area contributed by atoms with Crippen LogP contribution in [-0.4, -0.2) is 29.1 Å². The summed E-state index contributed by atoms with van der Waals surface area (Å²) in [6.07, 6.45) is 1.56. The number of hydrogen-bond donors (Lipinski definition) is 2. The first-order chi connectivity index (χ1) is 8.29. The Morgan fingerprint density at radius 2 is 2.22 bits per heavy atom. The number of aromatic nitrogens is 1. The molecule has 5 heteroatoms. The molecule has 1 aromatic rings. The van der Waals surface area contributed by atoms with E-state index in [1.54, 1.807) is 18.3 Å². The fourth-order valence-electron chi connectivity index (χ4n) is 1.30. The van der Waals surface area contributed by atoms with Crippen LogP contribution in [0.15, 0.2) is 18.3 Å². The number of carbonyl (C=O) groups is 1. The first kappa shape index (κ1) is 14.4. The van der Waals surface area contributed by atoms with Gasteiger partial charge in [-0.2, -0.15) is 0 Å². The molecule has 0 radical (unpaired) electrons. The van der Waals surface area contributed by atoms with Gasteiger partial charge in [-0.3, -0.25) is 4.79 Å².